The molecule has 5 nitrogen and oxygen atoms in total. The molecule has 3 rings (SSSR count). The van der Waals surface area contributed by atoms with Gasteiger partial charge in [0.1, 0.15) is 0 Å². The van der Waals surface area contributed by atoms with Crippen LogP contribution < -0.4 is 5.73 Å². The van der Waals surface area contributed by atoms with Gasteiger partial charge in [0.15, 0.2) is 5.82 Å². The van der Waals surface area contributed by atoms with Gasteiger partial charge in [-0.25, -0.2) is 0 Å². The Morgan fingerprint density at radius 1 is 1.29 bits per heavy atom. The monoisotopic (exact) mass is 236 g/mol. The van der Waals surface area contributed by atoms with E-state index in [4.69, 9.17) is 10.3 Å². The van der Waals surface area contributed by atoms with E-state index in [-0.39, 0.29) is 6.04 Å². The molecule has 0 bridgehead atoms. The number of aromatic nitrogens is 2. The Labute approximate surface area is 101 Å². The normalized spacial score (nSPS) is 23.8. The predicted molar refractivity (Wildman–Crippen MR) is 63.5 cm³/mol. The van der Waals surface area contributed by atoms with E-state index in [0.29, 0.717) is 11.7 Å². The highest BCUT2D eigenvalue weighted by Gasteiger charge is 2.27. The molecule has 1 saturated carbocycles. The summed E-state index contributed by atoms with van der Waals surface area (Å²) in [7, 11) is 0. The van der Waals surface area contributed by atoms with Crippen molar-refractivity contribution >= 4 is 0 Å². The van der Waals surface area contributed by atoms with Crippen molar-refractivity contribution < 1.29 is 4.52 Å². The van der Waals surface area contributed by atoms with Crippen LogP contribution in [-0.2, 0) is 0 Å². The van der Waals surface area contributed by atoms with Crippen LogP contribution in [0.2, 0.25) is 0 Å². The second-order valence-electron chi connectivity index (χ2n) is 5.23. The second kappa shape index (κ2) is 4.74. The van der Waals surface area contributed by atoms with Gasteiger partial charge in [-0.15, -0.1) is 0 Å². The molecule has 0 radical (unpaired) electrons. The molecule has 1 aromatic rings. The number of nitrogens with two attached hydrogens (primary N) is 1. The number of nitrogens with zero attached hydrogens (tertiary/aromatic N) is 3. The van der Waals surface area contributed by atoms with Gasteiger partial charge in [0.2, 0.25) is 5.89 Å². The molecule has 2 fully saturated rings. The van der Waals surface area contributed by atoms with Gasteiger partial charge >= 0.3 is 0 Å². The lowest BCUT2D eigenvalue weighted by Gasteiger charge is -2.20. The second-order valence-corrected chi connectivity index (χ2v) is 5.23. The van der Waals surface area contributed by atoms with Crippen LogP contribution in [0.3, 0.4) is 0 Å². The highest BCUT2D eigenvalue weighted by Crippen LogP contribution is 2.35. The summed E-state index contributed by atoms with van der Waals surface area (Å²) in [4.78, 5) is 6.82. The Morgan fingerprint density at radius 2 is 2.06 bits per heavy atom. The number of rotatable bonds is 4. The van der Waals surface area contributed by atoms with Crippen molar-refractivity contribution in [2.45, 2.75) is 44.1 Å². The van der Waals surface area contributed by atoms with Crippen LogP contribution in [0.1, 0.15) is 55.8 Å². The average molecular weight is 236 g/mol. The summed E-state index contributed by atoms with van der Waals surface area (Å²) < 4.78 is 5.29. The van der Waals surface area contributed by atoms with Crippen LogP contribution in [0.5, 0.6) is 0 Å². The Kier molecular flexibility index (Phi) is 3.11. The van der Waals surface area contributed by atoms with Gasteiger partial charge in [0.05, 0.1) is 6.04 Å². The lowest BCUT2D eigenvalue weighted by Crippen LogP contribution is -2.30. The molecule has 1 saturated heterocycles. The molecule has 1 aromatic heterocycles. The van der Waals surface area contributed by atoms with E-state index < -0.39 is 0 Å². The fourth-order valence-corrected chi connectivity index (χ4v) is 2.54. The van der Waals surface area contributed by atoms with Crippen molar-refractivity contribution in [3.05, 3.63) is 11.7 Å². The van der Waals surface area contributed by atoms with Gasteiger partial charge in [0.25, 0.3) is 0 Å². The van der Waals surface area contributed by atoms with Crippen LogP contribution in [0.25, 0.3) is 0 Å². The maximum atomic E-state index is 6.12. The molecule has 2 heterocycles. The minimum atomic E-state index is -0.106. The van der Waals surface area contributed by atoms with Gasteiger partial charge in [-0.05, 0) is 38.8 Å². The fourth-order valence-electron chi connectivity index (χ4n) is 2.54. The summed E-state index contributed by atoms with van der Waals surface area (Å²) in [5.41, 5.74) is 6.12. The van der Waals surface area contributed by atoms with Gasteiger partial charge in [0, 0.05) is 12.5 Å². The summed E-state index contributed by atoms with van der Waals surface area (Å²) in [5, 5.41) is 4.02. The molecular weight excluding hydrogens is 216 g/mol. The molecule has 5 heteroatoms. The summed E-state index contributed by atoms with van der Waals surface area (Å²) in [6.45, 7) is 3.16. The summed E-state index contributed by atoms with van der Waals surface area (Å²) >= 11 is 0. The number of likely N-dealkylation sites (tertiary alicyclic amines) is 1. The van der Waals surface area contributed by atoms with Gasteiger partial charge in [-0.3, -0.25) is 0 Å². The van der Waals surface area contributed by atoms with E-state index in [1.54, 1.807) is 0 Å². The van der Waals surface area contributed by atoms with Crippen molar-refractivity contribution in [3.8, 4) is 0 Å². The summed E-state index contributed by atoms with van der Waals surface area (Å²) in [5.74, 6) is 1.97. The Bertz CT molecular complexity index is 368. The largest absolute Gasteiger partial charge is 0.339 e. The highest BCUT2D eigenvalue weighted by atomic mass is 16.5. The van der Waals surface area contributed by atoms with Gasteiger partial charge < -0.3 is 15.2 Å². The molecule has 0 spiro atoms. The quantitative estimate of drug-likeness (QED) is 0.856. The van der Waals surface area contributed by atoms with E-state index in [9.17, 15) is 0 Å². The molecule has 1 atom stereocenters. The summed E-state index contributed by atoms with van der Waals surface area (Å²) in [6, 6.07) is -0.106. The lowest BCUT2D eigenvalue weighted by molar-refractivity contribution is 0.285. The first kappa shape index (κ1) is 11.2. The number of hydrogen-bond acceptors (Lipinski definition) is 5. The minimum Gasteiger partial charge on any atom is -0.339 e. The van der Waals surface area contributed by atoms with E-state index in [1.807, 2.05) is 0 Å². The summed E-state index contributed by atoms with van der Waals surface area (Å²) in [6.07, 6.45) is 6.22. The molecule has 0 aromatic carbocycles. The first-order chi connectivity index (χ1) is 8.33. The van der Waals surface area contributed by atoms with Crippen molar-refractivity contribution in [2.75, 3.05) is 19.6 Å². The third-order valence-electron chi connectivity index (χ3n) is 3.90. The predicted octanol–water partition coefficient (Wildman–Crippen LogP) is 1.43. The van der Waals surface area contributed by atoms with Crippen molar-refractivity contribution in [1.82, 2.24) is 15.0 Å². The van der Waals surface area contributed by atoms with Crippen molar-refractivity contribution in [2.24, 2.45) is 5.73 Å². The Balaban J connectivity index is 1.60. The molecule has 0 amide bonds. The lowest BCUT2D eigenvalue weighted by atomic mass is 9.85. The van der Waals surface area contributed by atoms with Crippen LogP contribution in [0.15, 0.2) is 4.52 Å². The highest BCUT2D eigenvalue weighted by molar-refractivity contribution is 5.01. The molecule has 2 aliphatic rings. The van der Waals surface area contributed by atoms with Gasteiger partial charge in [-0.2, -0.15) is 4.98 Å². The molecular formula is C12H20N4O. The molecule has 1 unspecified atom stereocenters. The standard InChI is InChI=1S/C12H20N4O/c13-10(8-16-6-1-2-7-16)11-14-12(17-15-11)9-4-3-5-9/h9-10H,1-8,13H2. The smallest absolute Gasteiger partial charge is 0.229 e. The van der Waals surface area contributed by atoms with E-state index in [1.165, 1.54) is 32.1 Å². The maximum Gasteiger partial charge on any atom is 0.229 e. The topological polar surface area (TPSA) is 68.2 Å². The molecule has 1 aliphatic heterocycles. The zero-order chi connectivity index (χ0) is 11.7. The van der Waals surface area contributed by atoms with E-state index in [2.05, 4.69) is 15.0 Å². The van der Waals surface area contributed by atoms with Crippen LogP contribution in [-0.4, -0.2) is 34.7 Å². The van der Waals surface area contributed by atoms with E-state index >= 15 is 0 Å². The molecule has 94 valence electrons. The first-order valence-corrected chi connectivity index (χ1v) is 6.64. The fraction of sp³-hybridized carbons (Fsp3) is 0.833. The number of hydrogen-bond donors (Lipinski definition) is 1. The first-order valence-electron chi connectivity index (χ1n) is 6.64. The molecule has 1 aliphatic carbocycles. The SMILES string of the molecule is NC(CN1CCCC1)c1noc(C2CCC2)n1. The van der Waals surface area contributed by atoms with Crippen LogP contribution >= 0.6 is 0 Å². The average Bonchev–Trinajstić information content (AvgIpc) is 2.85. The third kappa shape index (κ3) is 2.35. The zero-order valence-electron chi connectivity index (χ0n) is 10.1. The molecule has 2 N–H and O–H groups in total. The van der Waals surface area contributed by atoms with Crippen LogP contribution in [0, 0.1) is 0 Å². The van der Waals surface area contributed by atoms with Crippen LogP contribution in [0.4, 0.5) is 0 Å². The van der Waals surface area contributed by atoms with Crippen molar-refractivity contribution in [1.29, 1.82) is 0 Å². The van der Waals surface area contributed by atoms with Gasteiger partial charge in [-0.1, -0.05) is 11.6 Å². The maximum absolute atomic E-state index is 6.12. The minimum absolute atomic E-state index is 0.106. The third-order valence-corrected chi connectivity index (χ3v) is 3.90. The van der Waals surface area contributed by atoms with Crippen molar-refractivity contribution in [3.63, 3.8) is 0 Å². The molecule has 17 heavy (non-hydrogen) atoms. The Hall–Kier alpha value is -0.940. The Morgan fingerprint density at radius 3 is 2.71 bits per heavy atom. The zero-order valence-corrected chi connectivity index (χ0v) is 10.1. The van der Waals surface area contributed by atoms with E-state index in [0.717, 1.165) is 25.5 Å².